The van der Waals surface area contributed by atoms with E-state index in [0.29, 0.717) is 0 Å². The maximum atomic E-state index is 6.66. The zero-order valence-electron chi connectivity index (χ0n) is 30.0. The summed E-state index contributed by atoms with van der Waals surface area (Å²) in [6.45, 7) is 4.67. The summed E-state index contributed by atoms with van der Waals surface area (Å²) in [6, 6.07) is 64.1. The van der Waals surface area contributed by atoms with Crippen molar-refractivity contribution in [2.75, 3.05) is 4.90 Å². The first-order valence-corrected chi connectivity index (χ1v) is 19.4. The first kappa shape index (κ1) is 31.1. The quantitative estimate of drug-likeness (QED) is 0.177. The third-order valence-corrected chi connectivity index (χ3v) is 12.6. The van der Waals surface area contributed by atoms with Crippen LogP contribution in [0.2, 0.25) is 0 Å². The Labute approximate surface area is 318 Å². The highest BCUT2D eigenvalue weighted by Gasteiger charge is 2.38. The molecule has 2 nitrogen and oxygen atoms in total. The number of furan rings is 1. The summed E-state index contributed by atoms with van der Waals surface area (Å²) in [5.41, 5.74) is 14.9. The molecule has 0 atom stereocenters. The number of hydrogen-bond acceptors (Lipinski definition) is 3. The standard InChI is InChI=1S/C51H35NOS/c1-51(2)44-27-25-38(31-43(44)49-45(51)28-26-41-39-12-6-8-14-46(39)53-50(41)49)52(36-21-16-33(17-22-36)32-10-4-3-5-11-32)37-23-18-34(19-24-37)35-20-29-48-42(30-35)40-13-7-9-15-47(40)54-48/h3-31H,1-2H3. The van der Waals surface area contributed by atoms with Crippen molar-refractivity contribution < 1.29 is 4.42 Å². The van der Waals surface area contributed by atoms with Gasteiger partial charge in [0, 0.05) is 59.0 Å². The van der Waals surface area contributed by atoms with E-state index in [4.69, 9.17) is 4.42 Å². The fourth-order valence-electron chi connectivity index (χ4n) is 8.73. The first-order valence-electron chi connectivity index (χ1n) is 18.6. The van der Waals surface area contributed by atoms with Crippen LogP contribution < -0.4 is 4.90 Å². The van der Waals surface area contributed by atoms with Gasteiger partial charge in [-0.25, -0.2) is 0 Å². The monoisotopic (exact) mass is 709 g/mol. The lowest BCUT2D eigenvalue weighted by molar-refractivity contribution is 0.653. The number of nitrogens with zero attached hydrogens (tertiary/aromatic N) is 1. The molecule has 0 aliphatic heterocycles. The van der Waals surface area contributed by atoms with Crippen molar-refractivity contribution in [3.63, 3.8) is 0 Å². The van der Waals surface area contributed by atoms with Crippen molar-refractivity contribution >= 4 is 70.5 Å². The van der Waals surface area contributed by atoms with Gasteiger partial charge >= 0.3 is 0 Å². The Morgan fingerprint density at radius 1 is 0.444 bits per heavy atom. The molecule has 0 saturated heterocycles. The molecule has 0 spiro atoms. The summed E-state index contributed by atoms with van der Waals surface area (Å²) in [4.78, 5) is 2.39. The van der Waals surface area contributed by atoms with Crippen molar-refractivity contribution in [1.29, 1.82) is 0 Å². The molecule has 8 aromatic carbocycles. The molecule has 0 amide bonds. The minimum atomic E-state index is -0.158. The van der Waals surface area contributed by atoms with Gasteiger partial charge in [-0.2, -0.15) is 0 Å². The molecular formula is C51H35NOS. The predicted molar refractivity (Wildman–Crippen MR) is 230 cm³/mol. The van der Waals surface area contributed by atoms with E-state index in [0.717, 1.165) is 39.0 Å². The van der Waals surface area contributed by atoms with Gasteiger partial charge in [-0.3, -0.25) is 0 Å². The number of hydrogen-bond donors (Lipinski definition) is 0. The molecule has 0 fully saturated rings. The summed E-state index contributed by atoms with van der Waals surface area (Å²) in [5.74, 6) is 0. The van der Waals surface area contributed by atoms with Gasteiger partial charge in [0.2, 0.25) is 0 Å². The van der Waals surface area contributed by atoms with Gasteiger partial charge in [0.1, 0.15) is 11.2 Å². The fraction of sp³-hybridized carbons (Fsp3) is 0.0588. The van der Waals surface area contributed by atoms with Crippen LogP contribution in [0.3, 0.4) is 0 Å². The molecule has 2 aromatic heterocycles. The van der Waals surface area contributed by atoms with Crippen LogP contribution in [0.25, 0.3) is 75.5 Å². The van der Waals surface area contributed by atoms with E-state index in [1.807, 2.05) is 11.3 Å². The Balaban J connectivity index is 1.06. The first-order chi connectivity index (χ1) is 26.5. The van der Waals surface area contributed by atoms with E-state index < -0.39 is 0 Å². The van der Waals surface area contributed by atoms with Crippen LogP contribution in [-0.2, 0) is 5.41 Å². The molecule has 10 aromatic rings. The van der Waals surface area contributed by atoms with Gasteiger partial charge in [0.05, 0.1) is 0 Å². The SMILES string of the molecule is CC1(C)c2ccc(N(c3ccc(-c4ccccc4)cc3)c3ccc(-c4ccc5sc6ccccc6c5c4)cc3)cc2-c2c1ccc1c2oc2ccccc21. The van der Waals surface area contributed by atoms with E-state index >= 15 is 0 Å². The van der Waals surface area contributed by atoms with Gasteiger partial charge in [-0.05, 0) is 99.6 Å². The fourth-order valence-corrected chi connectivity index (χ4v) is 9.82. The summed E-state index contributed by atoms with van der Waals surface area (Å²) in [7, 11) is 0. The highest BCUT2D eigenvalue weighted by molar-refractivity contribution is 7.25. The third kappa shape index (κ3) is 4.72. The van der Waals surface area contributed by atoms with Crippen LogP contribution in [0.1, 0.15) is 25.0 Å². The van der Waals surface area contributed by atoms with Crippen molar-refractivity contribution in [3.8, 4) is 33.4 Å². The van der Waals surface area contributed by atoms with Gasteiger partial charge in [-0.15, -0.1) is 11.3 Å². The molecule has 1 aliphatic rings. The summed E-state index contributed by atoms with van der Waals surface area (Å²) >= 11 is 1.86. The van der Waals surface area contributed by atoms with E-state index in [1.165, 1.54) is 64.7 Å². The van der Waals surface area contributed by atoms with Crippen molar-refractivity contribution in [2.45, 2.75) is 19.3 Å². The molecule has 256 valence electrons. The lowest BCUT2D eigenvalue weighted by Gasteiger charge is -2.27. The van der Waals surface area contributed by atoms with Gasteiger partial charge in [-0.1, -0.05) is 129 Å². The number of thiophene rings is 1. The van der Waals surface area contributed by atoms with Crippen molar-refractivity contribution in [2.24, 2.45) is 0 Å². The molecule has 0 unspecified atom stereocenters. The molecule has 0 saturated carbocycles. The van der Waals surface area contributed by atoms with Crippen LogP contribution in [0, 0.1) is 0 Å². The molecule has 1 aliphatic carbocycles. The zero-order valence-corrected chi connectivity index (χ0v) is 30.8. The Morgan fingerprint density at radius 2 is 1.04 bits per heavy atom. The number of anilines is 3. The van der Waals surface area contributed by atoms with Crippen molar-refractivity contribution in [3.05, 3.63) is 187 Å². The van der Waals surface area contributed by atoms with Crippen LogP contribution in [0.4, 0.5) is 17.1 Å². The van der Waals surface area contributed by atoms with Crippen LogP contribution in [0.15, 0.2) is 180 Å². The Kier molecular flexibility index (Phi) is 6.80. The molecule has 2 heterocycles. The average Bonchev–Trinajstić information content (AvgIpc) is 3.86. The Hall–Kier alpha value is -6.42. The smallest absolute Gasteiger partial charge is 0.143 e. The Bertz CT molecular complexity index is 3060. The molecule has 54 heavy (non-hydrogen) atoms. The van der Waals surface area contributed by atoms with Crippen LogP contribution >= 0.6 is 11.3 Å². The lowest BCUT2D eigenvalue weighted by Crippen LogP contribution is -2.15. The maximum absolute atomic E-state index is 6.66. The van der Waals surface area contributed by atoms with Crippen LogP contribution in [0.5, 0.6) is 0 Å². The highest BCUT2D eigenvalue weighted by atomic mass is 32.1. The van der Waals surface area contributed by atoms with E-state index in [9.17, 15) is 0 Å². The summed E-state index contributed by atoms with van der Waals surface area (Å²) in [6.07, 6.45) is 0. The second-order valence-electron chi connectivity index (χ2n) is 14.9. The molecule has 0 bridgehead atoms. The molecule has 3 heteroatoms. The minimum Gasteiger partial charge on any atom is -0.455 e. The number of rotatable bonds is 5. The molecule has 11 rings (SSSR count). The van der Waals surface area contributed by atoms with Gasteiger partial charge in [0.15, 0.2) is 0 Å². The van der Waals surface area contributed by atoms with Gasteiger partial charge < -0.3 is 9.32 Å². The summed E-state index contributed by atoms with van der Waals surface area (Å²) < 4.78 is 9.31. The maximum Gasteiger partial charge on any atom is 0.143 e. The predicted octanol–water partition coefficient (Wildman–Crippen LogP) is 15.1. The molecular weight excluding hydrogens is 675 g/mol. The van der Waals surface area contributed by atoms with Gasteiger partial charge in [0.25, 0.3) is 0 Å². The number of para-hydroxylation sites is 1. The number of fused-ring (bicyclic) bond motifs is 10. The van der Waals surface area contributed by atoms with E-state index in [2.05, 4.69) is 195 Å². The third-order valence-electron chi connectivity index (χ3n) is 11.5. The van der Waals surface area contributed by atoms with E-state index in [-0.39, 0.29) is 5.41 Å². The zero-order chi connectivity index (χ0) is 36.0. The molecule has 0 N–H and O–H groups in total. The highest BCUT2D eigenvalue weighted by Crippen LogP contribution is 2.54. The second kappa shape index (κ2) is 11.8. The number of benzene rings is 8. The largest absolute Gasteiger partial charge is 0.455 e. The summed E-state index contributed by atoms with van der Waals surface area (Å²) in [5, 5.41) is 4.96. The van der Waals surface area contributed by atoms with Crippen LogP contribution in [-0.4, -0.2) is 0 Å². The topological polar surface area (TPSA) is 16.4 Å². The van der Waals surface area contributed by atoms with Crippen molar-refractivity contribution in [1.82, 2.24) is 0 Å². The second-order valence-corrected chi connectivity index (χ2v) is 16.0. The van der Waals surface area contributed by atoms with E-state index in [1.54, 1.807) is 0 Å². The normalized spacial score (nSPS) is 13.1. The molecule has 0 radical (unpaired) electrons. The Morgan fingerprint density at radius 3 is 1.81 bits per heavy atom. The average molecular weight is 710 g/mol. The minimum absolute atomic E-state index is 0.158. The lowest BCUT2D eigenvalue weighted by atomic mass is 9.82.